The third kappa shape index (κ3) is 5.69. The molecule has 0 unspecified atom stereocenters. The average Bonchev–Trinajstić information content (AvgIpc) is 2.37. The predicted molar refractivity (Wildman–Crippen MR) is 84.4 cm³/mol. The van der Waals surface area contributed by atoms with E-state index in [0.29, 0.717) is 11.6 Å². The molecule has 0 saturated carbocycles. The van der Waals surface area contributed by atoms with Crippen molar-refractivity contribution in [2.45, 2.75) is 50.3 Å². The van der Waals surface area contributed by atoms with Gasteiger partial charge in [0.05, 0.1) is 5.69 Å². The second-order valence-corrected chi connectivity index (χ2v) is 7.02. The minimum atomic E-state index is -3.54. The molecule has 0 radical (unpaired) electrons. The number of unbranched alkanes of at least 4 members (excludes halogenated alkanes) is 5. The molecule has 0 fully saturated rings. The van der Waals surface area contributed by atoms with Crippen LogP contribution in [-0.4, -0.2) is 15.0 Å². The first-order valence-corrected chi connectivity index (χ1v) is 8.88. The largest absolute Gasteiger partial charge is 0.398 e. The Morgan fingerprint density at radius 2 is 1.80 bits per heavy atom. The average molecular weight is 319 g/mol. The molecule has 0 aliphatic carbocycles. The zero-order valence-corrected chi connectivity index (χ0v) is 13.4. The van der Waals surface area contributed by atoms with Gasteiger partial charge in [0, 0.05) is 11.6 Å². The van der Waals surface area contributed by atoms with Crippen molar-refractivity contribution in [2.75, 3.05) is 12.3 Å². The Labute approximate surface area is 126 Å². The van der Waals surface area contributed by atoms with E-state index < -0.39 is 10.0 Å². The maximum absolute atomic E-state index is 12.1. The van der Waals surface area contributed by atoms with Gasteiger partial charge in [-0.15, -0.1) is 0 Å². The highest BCUT2D eigenvalue weighted by Crippen LogP contribution is 2.22. The van der Waals surface area contributed by atoms with Gasteiger partial charge in [0.2, 0.25) is 10.0 Å². The van der Waals surface area contributed by atoms with Crippen LogP contribution in [0, 0.1) is 0 Å². The van der Waals surface area contributed by atoms with Gasteiger partial charge >= 0.3 is 0 Å². The number of hydrogen-bond acceptors (Lipinski definition) is 3. The first-order chi connectivity index (χ1) is 9.47. The van der Waals surface area contributed by atoms with Gasteiger partial charge in [0.1, 0.15) is 4.90 Å². The number of rotatable bonds is 9. The summed E-state index contributed by atoms with van der Waals surface area (Å²) in [5, 5.41) is 0.428. The number of nitrogen functional groups attached to an aromatic ring is 1. The molecule has 114 valence electrons. The Morgan fingerprint density at radius 3 is 2.45 bits per heavy atom. The van der Waals surface area contributed by atoms with Crippen LogP contribution >= 0.6 is 11.6 Å². The van der Waals surface area contributed by atoms with Crippen molar-refractivity contribution in [3.63, 3.8) is 0 Å². The van der Waals surface area contributed by atoms with Crippen LogP contribution in [0.4, 0.5) is 5.69 Å². The summed E-state index contributed by atoms with van der Waals surface area (Å²) in [7, 11) is -3.54. The highest BCUT2D eigenvalue weighted by molar-refractivity contribution is 7.89. The molecule has 1 aromatic rings. The number of anilines is 1. The van der Waals surface area contributed by atoms with Crippen LogP contribution in [0.15, 0.2) is 23.1 Å². The van der Waals surface area contributed by atoms with Crippen LogP contribution in [0.25, 0.3) is 0 Å². The Balaban J connectivity index is 2.42. The number of halogens is 1. The van der Waals surface area contributed by atoms with Gasteiger partial charge in [-0.05, 0) is 24.6 Å². The molecule has 0 saturated heterocycles. The van der Waals surface area contributed by atoms with Gasteiger partial charge in [-0.25, -0.2) is 13.1 Å². The van der Waals surface area contributed by atoms with E-state index in [9.17, 15) is 8.42 Å². The molecule has 3 N–H and O–H groups in total. The molecule has 0 atom stereocenters. The van der Waals surface area contributed by atoms with Gasteiger partial charge in [-0.1, -0.05) is 50.6 Å². The van der Waals surface area contributed by atoms with E-state index in [4.69, 9.17) is 17.3 Å². The summed E-state index contributed by atoms with van der Waals surface area (Å²) in [6, 6.07) is 4.40. The van der Waals surface area contributed by atoms with Crippen LogP contribution in [0.2, 0.25) is 5.02 Å². The lowest BCUT2D eigenvalue weighted by Crippen LogP contribution is -2.25. The summed E-state index contributed by atoms with van der Waals surface area (Å²) in [5.74, 6) is 0. The molecule has 0 heterocycles. The minimum Gasteiger partial charge on any atom is -0.398 e. The zero-order valence-electron chi connectivity index (χ0n) is 11.9. The molecule has 1 aromatic carbocycles. The molecule has 6 heteroatoms. The van der Waals surface area contributed by atoms with E-state index >= 15 is 0 Å². The molecular formula is C14H23ClN2O2S. The van der Waals surface area contributed by atoms with E-state index in [0.717, 1.165) is 19.3 Å². The normalized spacial score (nSPS) is 11.7. The molecule has 0 aromatic heterocycles. The molecule has 20 heavy (non-hydrogen) atoms. The standard InChI is InChI=1S/C14H23ClN2O2S/c1-2-3-4-5-6-7-10-17-20(18,19)14-9-8-12(15)11-13(14)16/h8-9,11,17H,2-7,10,16H2,1H3. The topological polar surface area (TPSA) is 72.2 Å². The Bertz CT molecular complexity index is 518. The Kier molecular flexibility index (Phi) is 7.34. The SMILES string of the molecule is CCCCCCCCNS(=O)(=O)c1ccc(Cl)cc1N. The summed E-state index contributed by atoms with van der Waals surface area (Å²) in [5.41, 5.74) is 5.86. The molecule has 1 rings (SSSR count). The van der Waals surface area contributed by atoms with Gasteiger partial charge in [0.25, 0.3) is 0 Å². The summed E-state index contributed by atoms with van der Waals surface area (Å²) >= 11 is 5.76. The van der Waals surface area contributed by atoms with Crippen molar-refractivity contribution in [1.82, 2.24) is 4.72 Å². The van der Waals surface area contributed by atoms with E-state index in [1.807, 2.05) is 0 Å². The monoisotopic (exact) mass is 318 g/mol. The highest BCUT2D eigenvalue weighted by atomic mass is 35.5. The predicted octanol–water partition coefficient (Wildman–Crippen LogP) is 3.56. The van der Waals surface area contributed by atoms with Gasteiger partial charge < -0.3 is 5.73 Å². The maximum Gasteiger partial charge on any atom is 0.242 e. The highest BCUT2D eigenvalue weighted by Gasteiger charge is 2.16. The van der Waals surface area contributed by atoms with E-state index in [-0.39, 0.29) is 10.6 Å². The number of hydrogen-bond donors (Lipinski definition) is 2. The fourth-order valence-corrected chi connectivity index (χ4v) is 3.32. The van der Waals surface area contributed by atoms with Gasteiger partial charge in [0.15, 0.2) is 0 Å². The van der Waals surface area contributed by atoms with Crippen molar-refractivity contribution in [3.8, 4) is 0 Å². The second kappa shape index (κ2) is 8.49. The lowest BCUT2D eigenvalue weighted by molar-refractivity contribution is 0.568. The van der Waals surface area contributed by atoms with Crippen molar-refractivity contribution >= 4 is 27.3 Å². The van der Waals surface area contributed by atoms with E-state index in [1.165, 1.54) is 37.5 Å². The summed E-state index contributed by atoms with van der Waals surface area (Å²) in [6.45, 7) is 2.61. The summed E-state index contributed by atoms with van der Waals surface area (Å²) < 4.78 is 26.7. The lowest BCUT2D eigenvalue weighted by Gasteiger charge is -2.09. The molecule has 4 nitrogen and oxygen atoms in total. The third-order valence-corrected chi connectivity index (χ3v) is 4.85. The first-order valence-electron chi connectivity index (χ1n) is 7.02. The molecule has 0 aliphatic rings. The molecule has 0 aliphatic heterocycles. The number of nitrogens with two attached hydrogens (primary N) is 1. The third-order valence-electron chi connectivity index (χ3n) is 3.08. The quantitative estimate of drug-likeness (QED) is 0.540. The van der Waals surface area contributed by atoms with Crippen LogP contribution in [-0.2, 0) is 10.0 Å². The fraction of sp³-hybridized carbons (Fsp3) is 0.571. The van der Waals surface area contributed by atoms with E-state index in [1.54, 1.807) is 0 Å². The fourth-order valence-electron chi connectivity index (χ4n) is 1.95. The van der Waals surface area contributed by atoms with Crippen molar-refractivity contribution < 1.29 is 8.42 Å². The first kappa shape index (κ1) is 17.3. The van der Waals surface area contributed by atoms with Crippen LogP contribution in [0.5, 0.6) is 0 Å². The Hall–Kier alpha value is -0.780. The van der Waals surface area contributed by atoms with Gasteiger partial charge in [-0.2, -0.15) is 0 Å². The summed E-state index contributed by atoms with van der Waals surface area (Å²) in [4.78, 5) is 0.0906. The van der Waals surface area contributed by atoms with Crippen LogP contribution in [0.1, 0.15) is 45.4 Å². The lowest BCUT2D eigenvalue weighted by atomic mass is 10.1. The van der Waals surface area contributed by atoms with Gasteiger partial charge in [-0.3, -0.25) is 0 Å². The maximum atomic E-state index is 12.1. The number of sulfonamides is 1. The van der Waals surface area contributed by atoms with Crippen LogP contribution in [0.3, 0.4) is 0 Å². The molecule has 0 amide bonds. The molecule has 0 spiro atoms. The van der Waals surface area contributed by atoms with Crippen molar-refractivity contribution in [2.24, 2.45) is 0 Å². The number of benzene rings is 1. The van der Waals surface area contributed by atoms with Crippen molar-refractivity contribution in [1.29, 1.82) is 0 Å². The Morgan fingerprint density at radius 1 is 1.15 bits per heavy atom. The minimum absolute atomic E-state index is 0.0906. The van der Waals surface area contributed by atoms with Crippen LogP contribution < -0.4 is 10.5 Å². The number of nitrogens with one attached hydrogen (secondary N) is 1. The molecule has 0 bridgehead atoms. The van der Waals surface area contributed by atoms with E-state index in [2.05, 4.69) is 11.6 Å². The summed E-state index contributed by atoms with van der Waals surface area (Å²) in [6.07, 6.45) is 6.70. The smallest absolute Gasteiger partial charge is 0.242 e. The van der Waals surface area contributed by atoms with Crippen molar-refractivity contribution in [3.05, 3.63) is 23.2 Å². The zero-order chi connectivity index (χ0) is 15.0. The second-order valence-electron chi connectivity index (χ2n) is 4.85. The molecular weight excluding hydrogens is 296 g/mol.